The molecule has 0 heterocycles. The van der Waals surface area contributed by atoms with Gasteiger partial charge in [-0.2, -0.15) is 0 Å². The van der Waals surface area contributed by atoms with Crippen LogP contribution in [0.25, 0.3) is 0 Å². The smallest absolute Gasteiger partial charge is 0.311 e. The van der Waals surface area contributed by atoms with Crippen molar-refractivity contribution in [3.63, 3.8) is 0 Å². The van der Waals surface area contributed by atoms with Crippen molar-refractivity contribution in [3.05, 3.63) is 94.5 Å². The van der Waals surface area contributed by atoms with Gasteiger partial charge in [-0.25, -0.2) is 0 Å². The monoisotopic (exact) mass is 417 g/mol. The van der Waals surface area contributed by atoms with Gasteiger partial charge in [0.15, 0.2) is 0 Å². The Morgan fingerprint density at radius 2 is 1.58 bits per heavy atom. The average molecular weight is 418 g/mol. The zero-order valence-corrected chi connectivity index (χ0v) is 18.3. The van der Waals surface area contributed by atoms with Gasteiger partial charge in [-0.3, -0.25) is 9.59 Å². The number of amides is 1. The first-order valence-electron chi connectivity index (χ1n) is 10.1. The topological polar surface area (TPSA) is 64.6 Å². The highest BCUT2D eigenvalue weighted by atomic mass is 16.5. The van der Waals surface area contributed by atoms with E-state index in [-0.39, 0.29) is 6.42 Å². The Morgan fingerprint density at radius 3 is 2.29 bits per heavy atom. The lowest BCUT2D eigenvalue weighted by atomic mass is 10.1. The van der Waals surface area contributed by atoms with Crippen LogP contribution >= 0.6 is 0 Å². The third-order valence-corrected chi connectivity index (χ3v) is 5.01. The van der Waals surface area contributed by atoms with Gasteiger partial charge in [0.05, 0.1) is 13.5 Å². The number of rotatable bonds is 7. The van der Waals surface area contributed by atoms with Gasteiger partial charge in [0.1, 0.15) is 5.75 Å². The minimum absolute atomic E-state index is 0.00490. The molecule has 0 radical (unpaired) electrons. The molecule has 3 aromatic carbocycles. The molecule has 0 saturated carbocycles. The Morgan fingerprint density at radius 1 is 0.903 bits per heavy atom. The molecule has 0 bridgehead atoms. The van der Waals surface area contributed by atoms with Gasteiger partial charge in [0.2, 0.25) is 6.10 Å². The van der Waals surface area contributed by atoms with Crippen molar-refractivity contribution in [2.24, 2.45) is 0 Å². The highest BCUT2D eigenvalue weighted by Crippen LogP contribution is 2.25. The second kappa shape index (κ2) is 9.94. The lowest BCUT2D eigenvalue weighted by Crippen LogP contribution is -2.27. The van der Waals surface area contributed by atoms with Crippen molar-refractivity contribution >= 4 is 17.6 Å². The third kappa shape index (κ3) is 5.72. The van der Waals surface area contributed by atoms with Gasteiger partial charge < -0.3 is 14.8 Å². The van der Waals surface area contributed by atoms with Crippen molar-refractivity contribution in [2.75, 3.05) is 12.4 Å². The summed E-state index contributed by atoms with van der Waals surface area (Å²) in [5.41, 5.74) is 4.99. The summed E-state index contributed by atoms with van der Waals surface area (Å²) in [4.78, 5) is 25.9. The van der Waals surface area contributed by atoms with Crippen LogP contribution in [0.1, 0.15) is 33.9 Å². The predicted molar refractivity (Wildman–Crippen MR) is 121 cm³/mol. The number of benzene rings is 3. The molecule has 1 atom stereocenters. The zero-order valence-electron chi connectivity index (χ0n) is 18.3. The van der Waals surface area contributed by atoms with Crippen LogP contribution in [0.2, 0.25) is 0 Å². The van der Waals surface area contributed by atoms with E-state index in [1.807, 2.05) is 75.4 Å². The molecule has 5 heteroatoms. The van der Waals surface area contributed by atoms with Crippen molar-refractivity contribution in [3.8, 4) is 5.75 Å². The lowest BCUT2D eigenvalue weighted by Gasteiger charge is -2.19. The number of esters is 1. The fourth-order valence-electron chi connectivity index (χ4n) is 3.34. The van der Waals surface area contributed by atoms with E-state index in [1.165, 1.54) is 0 Å². The minimum atomic E-state index is -1.07. The van der Waals surface area contributed by atoms with E-state index in [0.717, 1.165) is 16.7 Å². The van der Waals surface area contributed by atoms with Gasteiger partial charge in [-0.1, -0.05) is 60.2 Å². The summed E-state index contributed by atoms with van der Waals surface area (Å²) in [6.07, 6.45) is -1.06. The summed E-state index contributed by atoms with van der Waals surface area (Å²) in [7, 11) is 1.56. The Labute approximate surface area is 183 Å². The Kier molecular flexibility index (Phi) is 7.08. The molecule has 5 nitrogen and oxygen atoms in total. The molecule has 0 aliphatic rings. The molecule has 3 rings (SSSR count). The van der Waals surface area contributed by atoms with E-state index in [1.54, 1.807) is 19.2 Å². The summed E-state index contributed by atoms with van der Waals surface area (Å²) in [6, 6.07) is 20.5. The van der Waals surface area contributed by atoms with E-state index in [2.05, 4.69) is 5.32 Å². The molecule has 0 saturated heterocycles. The minimum Gasteiger partial charge on any atom is -0.496 e. The molecule has 3 aromatic rings. The van der Waals surface area contributed by atoms with Crippen molar-refractivity contribution in [2.45, 2.75) is 33.3 Å². The van der Waals surface area contributed by atoms with Gasteiger partial charge in [-0.05, 0) is 44.0 Å². The Balaban J connectivity index is 1.83. The molecule has 0 aliphatic carbocycles. The summed E-state index contributed by atoms with van der Waals surface area (Å²) in [6.45, 7) is 5.82. The zero-order chi connectivity index (χ0) is 22.4. The van der Waals surface area contributed by atoms with E-state index < -0.39 is 18.0 Å². The molecule has 1 N–H and O–H groups in total. The number of hydrogen-bond donors (Lipinski definition) is 1. The molecular formula is C26H27NO4. The summed E-state index contributed by atoms with van der Waals surface area (Å²) < 4.78 is 11.0. The first-order valence-corrected chi connectivity index (χ1v) is 10.1. The van der Waals surface area contributed by atoms with Gasteiger partial charge in [-0.15, -0.1) is 0 Å². The summed E-state index contributed by atoms with van der Waals surface area (Å²) in [5.74, 6) is -0.294. The summed E-state index contributed by atoms with van der Waals surface area (Å²) in [5, 5.41) is 2.91. The van der Waals surface area contributed by atoms with Crippen LogP contribution in [0, 0.1) is 20.8 Å². The van der Waals surface area contributed by atoms with Crippen LogP contribution in [0.15, 0.2) is 66.7 Å². The largest absolute Gasteiger partial charge is 0.496 e. The molecule has 0 unspecified atom stereocenters. The number of ether oxygens (including phenoxy) is 2. The van der Waals surface area contributed by atoms with Crippen molar-refractivity contribution < 1.29 is 19.1 Å². The standard InChI is InChI=1S/C26H27NO4/c1-17-11-13-23(30-4)21(14-17)16-24(28)31-25(20-8-6-5-7-9-20)26(29)27-22-15-18(2)10-12-19(22)3/h5-15,25H,16H2,1-4H3,(H,27,29)/t25-/m0/s1. The third-order valence-electron chi connectivity index (χ3n) is 5.01. The van der Waals surface area contributed by atoms with E-state index in [9.17, 15) is 9.59 Å². The predicted octanol–water partition coefficient (Wildman–Crippen LogP) is 5.09. The SMILES string of the molecule is COc1ccc(C)cc1CC(=O)O[C@H](C(=O)Nc1cc(C)ccc1C)c1ccccc1. The van der Waals surface area contributed by atoms with Crippen molar-refractivity contribution in [1.82, 2.24) is 0 Å². The molecule has 0 aliphatic heterocycles. The lowest BCUT2D eigenvalue weighted by molar-refractivity contribution is -0.154. The van der Waals surface area contributed by atoms with Crippen LogP contribution in [0.4, 0.5) is 5.69 Å². The van der Waals surface area contributed by atoms with Crippen molar-refractivity contribution in [1.29, 1.82) is 0 Å². The number of nitrogens with one attached hydrogen (secondary N) is 1. The maximum atomic E-state index is 13.1. The average Bonchev–Trinajstić information content (AvgIpc) is 2.75. The van der Waals surface area contributed by atoms with E-state index in [4.69, 9.17) is 9.47 Å². The number of aryl methyl sites for hydroxylation is 3. The Bertz CT molecular complexity index is 1080. The van der Waals surface area contributed by atoms with Gasteiger partial charge in [0.25, 0.3) is 5.91 Å². The highest BCUT2D eigenvalue weighted by molar-refractivity contribution is 5.96. The number of hydrogen-bond acceptors (Lipinski definition) is 4. The van der Waals surface area contributed by atoms with Crippen LogP contribution in [0.5, 0.6) is 5.75 Å². The van der Waals surface area contributed by atoms with Gasteiger partial charge in [0, 0.05) is 16.8 Å². The molecule has 0 fully saturated rings. The van der Waals surface area contributed by atoms with Crippen LogP contribution in [0.3, 0.4) is 0 Å². The van der Waals surface area contributed by atoms with Crippen LogP contribution < -0.4 is 10.1 Å². The molecule has 1 amide bonds. The number of methoxy groups -OCH3 is 1. The Hall–Kier alpha value is -3.60. The molecule has 160 valence electrons. The maximum absolute atomic E-state index is 13.1. The molecule has 0 aromatic heterocycles. The maximum Gasteiger partial charge on any atom is 0.311 e. The first kappa shape index (κ1) is 22.1. The summed E-state index contributed by atoms with van der Waals surface area (Å²) >= 11 is 0. The first-order chi connectivity index (χ1) is 14.9. The number of carbonyl (C=O) groups excluding carboxylic acids is 2. The normalized spacial score (nSPS) is 11.5. The number of anilines is 1. The fourth-order valence-corrected chi connectivity index (χ4v) is 3.34. The second-order valence-electron chi connectivity index (χ2n) is 7.58. The van der Waals surface area contributed by atoms with E-state index in [0.29, 0.717) is 22.6 Å². The second-order valence-corrected chi connectivity index (χ2v) is 7.58. The fraction of sp³-hybridized carbons (Fsp3) is 0.231. The van der Waals surface area contributed by atoms with Crippen LogP contribution in [-0.4, -0.2) is 19.0 Å². The van der Waals surface area contributed by atoms with Gasteiger partial charge >= 0.3 is 5.97 Å². The molecule has 0 spiro atoms. The quantitative estimate of drug-likeness (QED) is 0.544. The number of carbonyl (C=O) groups is 2. The highest BCUT2D eigenvalue weighted by Gasteiger charge is 2.26. The molecule has 31 heavy (non-hydrogen) atoms. The molecular weight excluding hydrogens is 390 g/mol. The van der Waals surface area contributed by atoms with Crippen LogP contribution in [-0.2, 0) is 20.7 Å². The van der Waals surface area contributed by atoms with E-state index >= 15 is 0 Å².